The molecule has 2 N–H and O–H groups in total. The normalized spacial score (nSPS) is 14.2. The van der Waals surface area contributed by atoms with Gasteiger partial charge in [-0.05, 0) is 13.3 Å². The predicted octanol–water partition coefficient (Wildman–Crippen LogP) is -0.211. The highest BCUT2D eigenvalue weighted by Gasteiger charge is 2.09. The lowest BCUT2D eigenvalue weighted by Crippen LogP contribution is -2.31. The first-order valence-corrected chi connectivity index (χ1v) is 5.39. The van der Waals surface area contributed by atoms with E-state index in [1.807, 2.05) is 0 Å². The first kappa shape index (κ1) is 11.4. The molecule has 0 aromatic carbocycles. The Hall–Kier alpha value is -0.620. The molecule has 1 unspecified atom stereocenters. The molecule has 0 aliphatic heterocycles. The van der Waals surface area contributed by atoms with E-state index in [0.29, 0.717) is 6.42 Å². The molecule has 0 aromatic rings. The Bertz CT molecular complexity index is 246. The number of aliphatic carboxylic acids is 1. The number of carboxylic acid groups (broad SMARTS) is 1. The van der Waals surface area contributed by atoms with E-state index in [1.54, 1.807) is 6.92 Å². The fourth-order valence-corrected chi connectivity index (χ4v) is 1.61. The first-order chi connectivity index (χ1) is 5.31. The Kier molecular flexibility index (Phi) is 4.19. The average Bonchev–Trinajstić information content (AvgIpc) is 1.79. The van der Waals surface area contributed by atoms with Crippen LogP contribution in [0.4, 0.5) is 0 Å². The summed E-state index contributed by atoms with van der Waals surface area (Å²) in [5.74, 6) is -0.919. The van der Waals surface area contributed by atoms with Gasteiger partial charge in [0.1, 0.15) is 0 Å². The molecular formula is C6H13NO4S. The van der Waals surface area contributed by atoms with Gasteiger partial charge in [-0.15, -0.1) is 0 Å². The van der Waals surface area contributed by atoms with Crippen molar-refractivity contribution < 1.29 is 18.3 Å². The Balaban J connectivity index is 3.75. The van der Waals surface area contributed by atoms with Gasteiger partial charge in [-0.25, -0.2) is 13.1 Å². The SMILES string of the molecule is CC(CCC(=O)O)NS(C)(=O)=O. The van der Waals surface area contributed by atoms with Gasteiger partial charge >= 0.3 is 5.97 Å². The maximum absolute atomic E-state index is 10.6. The molecule has 0 heterocycles. The number of carboxylic acids is 1. The summed E-state index contributed by atoms with van der Waals surface area (Å²) in [5, 5.41) is 8.28. The lowest BCUT2D eigenvalue weighted by molar-refractivity contribution is -0.137. The van der Waals surface area contributed by atoms with E-state index in [2.05, 4.69) is 4.72 Å². The van der Waals surface area contributed by atoms with Gasteiger partial charge in [0.25, 0.3) is 0 Å². The van der Waals surface area contributed by atoms with E-state index in [1.165, 1.54) is 0 Å². The Labute approximate surface area is 71.8 Å². The number of hydrogen-bond acceptors (Lipinski definition) is 3. The maximum Gasteiger partial charge on any atom is 0.303 e. The summed E-state index contributed by atoms with van der Waals surface area (Å²) in [5.41, 5.74) is 0. The molecule has 0 aliphatic carbocycles. The molecule has 0 amide bonds. The molecule has 0 aliphatic rings. The van der Waals surface area contributed by atoms with Crippen LogP contribution in [0.5, 0.6) is 0 Å². The molecular weight excluding hydrogens is 182 g/mol. The Morgan fingerprint density at radius 1 is 1.58 bits per heavy atom. The monoisotopic (exact) mass is 195 g/mol. The van der Waals surface area contributed by atoms with Gasteiger partial charge in [0.05, 0.1) is 6.26 Å². The van der Waals surface area contributed by atoms with Crippen LogP contribution in [-0.4, -0.2) is 31.8 Å². The highest BCUT2D eigenvalue weighted by Crippen LogP contribution is 1.97. The quantitative estimate of drug-likeness (QED) is 0.635. The predicted molar refractivity (Wildman–Crippen MR) is 44.3 cm³/mol. The molecule has 12 heavy (non-hydrogen) atoms. The van der Waals surface area contributed by atoms with Crippen LogP contribution in [0.15, 0.2) is 0 Å². The van der Waals surface area contributed by atoms with Crippen molar-refractivity contribution in [2.75, 3.05) is 6.26 Å². The molecule has 0 bridgehead atoms. The third-order valence-corrected chi connectivity index (χ3v) is 2.04. The highest BCUT2D eigenvalue weighted by atomic mass is 32.2. The zero-order valence-electron chi connectivity index (χ0n) is 7.07. The number of sulfonamides is 1. The molecule has 0 saturated carbocycles. The largest absolute Gasteiger partial charge is 0.481 e. The zero-order chi connectivity index (χ0) is 9.78. The molecule has 1 atom stereocenters. The Morgan fingerprint density at radius 3 is 2.42 bits per heavy atom. The molecule has 5 nitrogen and oxygen atoms in total. The number of rotatable bonds is 5. The van der Waals surface area contributed by atoms with Gasteiger partial charge in [0.2, 0.25) is 10.0 Å². The van der Waals surface area contributed by atoms with Crippen molar-refractivity contribution in [3.63, 3.8) is 0 Å². The lowest BCUT2D eigenvalue weighted by atomic mass is 10.2. The van der Waals surface area contributed by atoms with Crippen molar-refractivity contribution in [3.05, 3.63) is 0 Å². The zero-order valence-corrected chi connectivity index (χ0v) is 7.89. The van der Waals surface area contributed by atoms with Crippen LogP contribution in [0.1, 0.15) is 19.8 Å². The van der Waals surface area contributed by atoms with E-state index in [-0.39, 0.29) is 12.5 Å². The molecule has 0 rings (SSSR count). The summed E-state index contributed by atoms with van der Waals surface area (Å²) in [6.45, 7) is 1.63. The van der Waals surface area contributed by atoms with Crippen molar-refractivity contribution in [2.45, 2.75) is 25.8 Å². The second kappa shape index (κ2) is 4.42. The van der Waals surface area contributed by atoms with Crippen molar-refractivity contribution in [1.82, 2.24) is 4.72 Å². The standard InChI is InChI=1S/C6H13NO4S/c1-5(3-4-6(8)9)7-12(2,10)11/h5,7H,3-4H2,1-2H3,(H,8,9). The van der Waals surface area contributed by atoms with Crippen LogP contribution in [0.25, 0.3) is 0 Å². The highest BCUT2D eigenvalue weighted by molar-refractivity contribution is 7.88. The van der Waals surface area contributed by atoms with Crippen molar-refractivity contribution >= 4 is 16.0 Å². The van der Waals surface area contributed by atoms with Gasteiger partial charge in [-0.2, -0.15) is 0 Å². The van der Waals surface area contributed by atoms with Gasteiger partial charge < -0.3 is 5.11 Å². The molecule has 0 fully saturated rings. The molecule has 0 radical (unpaired) electrons. The van der Waals surface area contributed by atoms with Gasteiger partial charge in [0, 0.05) is 12.5 Å². The summed E-state index contributed by atoms with van der Waals surface area (Å²) >= 11 is 0. The molecule has 0 spiro atoms. The smallest absolute Gasteiger partial charge is 0.303 e. The second-order valence-electron chi connectivity index (χ2n) is 2.72. The van der Waals surface area contributed by atoms with Crippen molar-refractivity contribution in [3.8, 4) is 0 Å². The van der Waals surface area contributed by atoms with E-state index in [9.17, 15) is 13.2 Å². The van der Waals surface area contributed by atoms with E-state index in [4.69, 9.17) is 5.11 Å². The van der Waals surface area contributed by atoms with Crippen LogP contribution in [0, 0.1) is 0 Å². The third kappa shape index (κ3) is 7.49. The minimum absolute atomic E-state index is 0.0241. The minimum atomic E-state index is -3.21. The topological polar surface area (TPSA) is 83.5 Å². The fourth-order valence-electron chi connectivity index (χ4n) is 0.764. The number of carbonyl (C=O) groups is 1. The number of nitrogens with one attached hydrogen (secondary N) is 1. The average molecular weight is 195 g/mol. The van der Waals surface area contributed by atoms with Gasteiger partial charge in [0.15, 0.2) is 0 Å². The van der Waals surface area contributed by atoms with Crippen LogP contribution in [0.2, 0.25) is 0 Å². The number of hydrogen-bond donors (Lipinski definition) is 2. The van der Waals surface area contributed by atoms with Crippen LogP contribution in [-0.2, 0) is 14.8 Å². The van der Waals surface area contributed by atoms with E-state index < -0.39 is 16.0 Å². The van der Waals surface area contributed by atoms with Crippen molar-refractivity contribution in [1.29, 1.82) is 0 Å². The summed E-state index contributed by atoms with van der Waals surface area (Å²) in [6.07, 6.45) is 1.33. The van der Waals surface area contributed by atoms with Crippen LogP contribution in [0.3, 0.4) is 0 Å². The summed E-state index contributed by atoms with van der Waals surface area (Å²) in [4.78, 5) is 10.1. The van der Waals surface area contributed by atoms with E-state index >= 15 is 0 Å². The third-order valence-electron chi connectivity index (χ3n) is 1.21. The van der Waals surface area contributed by atoms with E-state index in [0.717, 1.165) is 6.26 Å². The summed E-state index contributed by atoms with van der Waals surface area (Å²) in [6, 6.07) is -0.323. The summed E-state index contributed by atoms with van der Waals surface area (Å²) in [7, 11) is -3.21. The van der Waals surface area contributed by atoms with Crippen LogP contribution >= 0.6 is 0 Å². The van der Waals surface area contributed by atoms with Gasteiger partial charge in [-0.1, -0.05) is 0 Å². The lowest BCUT2D eigenvalue weighted by Gasteiger charge is -2.09. The van der Waals surface area contributed by atoms with Crippen LogP contribution < -0.4 is 4.72 Å². The molecule has 0 aromatic heterocycles. The van der Waals surface area contributed by atoms with Crippen molar-refractivity contribution in [2.24, 2.45) is 0 Å². The summed E-state index contributed by atoms with van der Waals surface area (Å²) < 4.78 is 23.5. The second-order valence-corrected chi connectivity index (χ2v) is 4.50. The minimum Gasteiger partial charge on any atom is -0.481 e. The fraction of sp³-hybridized carbons (Fsp3) is 0.833. The van der Waals surface area contributed by atoms with Gasteiger partial charge in [-0.3, -0.25) is 4.79 Å². The molecule has 6 heteroatoms. The maximum atomic E-state index is 10.6. The molecule has 0 saturated heterocycles. The first-order valence-electron chi connectivity index (χ1n) is 3.50. The molecule has 72 valence electrons. The Morgan fingerprint density at radius 2 is 2.08 bits per heavy atom.